The topological polar surface area (TPSA) is 86.8 Å². The predicted octanol–water partition coefficient (Wildman–Crippen LogP) is 5.05. The summed E-state index contributed by atoms with van der Waals surface area (Å²) >= 11 is 18.4. The molecule has 0 aromatic heterocycles. The van der Waals surface area contributed by atoms with E-state index in [-0.39, 0.29) is 18.1 Å². The summed E-state index contributed by atoms with van der Waals surface area (Å²) in [6.07, 6.45) is 2.72. The van der Waals surface area contributed by atoms with E-state index < -0.39 is 28.5 Å². The van der Waals surface area contributed by atoms with Gasteiger partial charge in [0.25, 0.3) is 0 Å². The molecule has 0 fully saturated rings. The van der Waals surface area contributed by atoms with Gasteiger partial charge in [-0.3, -0.25) is 13.9 Å². The Morgan fingerprint density at radius 3 is 2.29 bits per heavy atom. The van der Waals surface area contributed by atoms with Gasteiger partial charge in [0, 0.05) is 28.2 Å². The van der Waals surface area contributed by atoms with Gasteiger partial charge < -0.3 is 10.2 Å². The van der Waals surface area contributed by atoms with Crippen LogP contribution in [0.2, 0.25) is 15.1 Å². The average Bonchev–Trinajstić information content (AvgIpc) is 2.77. The van der Waals surface area contributed by atoms with Crippen molar-refractivity contribution in [3.05, 3.63) is 62.6 Å². The fourth-order valence-electron chi connectivity index (χ4n) is 3.40. The highest BCUT2D eigenvalue weighted by Crippen LogP contribution is 2.27. The zero-order valence-corrected chi connectivity index (χ0v) is 23.2. The van der Waals surface area contributed by atoms with E-state index in [1.807, 2.05) is 6.92 Å². The van der Waals surface area contributed by atoms with Crippen molar-refractivity contribution in [2.45, 2.75) is 46.2 Å². The zero-order valence-electron chi connectivity index (χ0n) is 20.1. The number of sulfonamides is 1. The number of nitrogens with zero attached hydrogens (tertiary/aromatic N) is 2. The van der Waals surface area contributed by atoms with Gasteiger partial charge in [0.2, 0.25) is 21.8 Å². The third kappa shape index (κ3) is 8.27. The van der Waals surface area contributed by atoms with Crippen LogP contribution in [0.5, 0.6) is 0 Å². The Kier molecular flexibility index (Phi) is 10.7. The molecule has 2 rings (SSSR count). The molecule has 11 heteroatoms. The van der Waals surface area contributed by atoms with Crippen LogP contribution in [0.3, 0.4) is 0 Å². The van der Waals surface area contributed by atoms with Crippen LogP contribution in [0, 0.1) is 6.92 Å². The average molecular weight is 563 g/mol. The number of aryl methyl sites for hydroxylation is 1. The van der Waals surface area contributed by atoms with E-state index in [1.54, 1.807) is 44.2 Å². The molecule has 2 amide bonds. The molecule has 0 saturated carbocycles. The molecule has 0 heterocycles. The first-order chi connectivity index (χ1) is 16.3. The Morgan fingerprint density at radius 1 is 1.06 bits per heavy atom. The number of carbonyl (C=O) groups is 2. The summed E-state index contributed by atoms with van der Waals surface area (Å²) in [7, 11) is -3.85. The first-order valence-corrected chi connectivity index (χ1v) is 14.1. The van der Waals surface area contributed by atoms with Crippen molar-refractivity contribution in [3.8, 4) is 0 Å². The minimum atomic E-state index is -3.85. The molecular weight excluding hydrogens is 533 g/mol. The van der Waals surface area contributed by atoms with Gasteiger partial charge in [0.05, 0.1) is 11.9 Å². The quantitative estimate of drug-likeness (QED) is 0.388. The van der Waals surface area contributed by atoms with Crippen LogP contribution < -0.4 is 9.62 Å². The van der Waals surface area contributed by atoms with Crippen molar-refractivity contribution in [2.24, 2.45) is 0 Å². The monoisotopic (exact) mass is 561 g/mol. The lowest BCUT2D eigenvalue weighted by atomic mass is 10.1. The molecule has 1 N–H and O–H groups in total. The second kappa shape index (κ2) is 12.8. The Morgan fingerprint density at radius 2 is 1.69 bits per heavy atom. The van der Waals surface area contributed by atoms with Gasteiger partial charge in [-0.25, -0.2) is 8.42 Å². The number of nitrogens with one attached hydrogen (secondary N) is 1. The van der Waals surface area contributed by atoms with Crippen molar-refractivity contribution < 1.29 is 18.0 Å². The third-order valence-electron chi connectivity index (χ3n) is 5.47. The number of benzene rings is 2. The smallest absolute Gasteiger partial charge is 0.244 e. The van der Waals surface area contributed by atoms with Crippen molar-refractivity contribution in [2.75, 3.05) is 23.7 Å². The summed E-state index contributed by atoms with van der Waals surface area (Å²) in [5, 5.41) is 3.92. The van der Waals surface area contributed by atoms with E-state index in [1.165, 1.54) is 11.0 Å². The second-order valence-electron chi connectivity index (χ2n) is 8.28. The number of unbranched alkanes of at least 4 members (excludes halogenated alkanes) is 1. The maximum atomic E-state index is 13.6. The van der Waals surface area contributed by atoms with E-state index in [2.05, 4.69) is 5.32 Å². The standard InChI is InChI=1S/C24H30Cl3N3O4S/c1-5-6-11-28-24(32)17(3)29(14-18-8-10-19(25)12-21(18)27)23(31)15-30(35(4,33)34)22-13-20(26)9-7-16(22)2/h7-10,12-13,17H,5-6,11,14-15H2,1-4H3,(H,28,32)/t17-/m0/s1. The van der Waals surface area contributed by atoms with Crippen LogP contribution in [0.4, 0.5) is 5.69 Å². The fraction of sp³-hybridized carbons (Fsp3) is 0.417. The van der Waals surface area contributed by atoms with E-state index in [0.717, 1.165) is 23.4 Å². The number of hydrogen-bond donors (Lipinski definition) is 1. The number of rotatable bonds is 11. The first-order valence-electron chi connectivity index (χ1n) is 11.1. The number of amides is 2. The Labute approximate surface area is 222 Å². The van der Waals surface area contributed by atoms with Gasteiger partial charge in [-0.05, 0) is 55.7 Å². The molecule has 0 unspecified atom stereocenters. The van der Waals surface area contributed by atoms with E-state index in [0.29, 0.717) is 32.7 Å². The number of anilines is 1. The summed E-state index contributed by atoms with van der Waals surface area (Å²) in [6, 6.07) is 8.78. The lowest BCUT2D eigenvalue weighted by Crippen LogP contribution is -2.51. The number of halogens is 3. The molecule has 0 aliphatic rings. The summed E-state index contributed by atoms with van der Waals surface area (Å²) in [5.41, 5.74) is 1.49. The van der Waals surface area contributed by atoms with Crippen molar-refractivity contribution in [1.29, 1.82) is 0 Å². The predicted molar refractivity (Wildman–Crippen MR) is 143 cm³/mol. The van der Waals surface area contributed by atoms with Crippen LogP contribution in [0.25, 0.3) is 0 Å². The second-order valence-corrected chi connectivity index (χ2v) is 11.5. The molecular formula is C24H30Cl3N3O4S. The molecule has 2 aromatic rings. The normalized spacial score (nSPS) is 12.2. The molecule has 1 atom stereocenters. The van der Waals surface area contributed by atoms with Gasteiger partial charge in [0.15, 0.2) is 0 Å². The maximum Gasteiger partial charge on any atom is 0.244 e. The summed E-state index contributed by atoms with van der Waals surface area (Å²) in [6.45, 7) is 5.27. The molecule has 192 valence electrons. The summed E-state index contributed by atoms with van der Waals surface area (Å²) in [5.74, 6) is -0.916. The highest BCUT2D eigenvalue weighted by Gasteiger charge is 2.31. The molecule has 0 aliphatic carbocycles. The van der Waals surface area contributed by atoms with Crippen LogP contribution in [-0.2, 0) is 26.2 Å². The highest BCUT2D eigenvalue weighted by atomic mass is 35.5. The van der Waals surface area contributed by atoms with E-state index in [4.69, 9.17) is 34.8 Å². The van der Waals surface area contributed by atoms with Gasteiger partial charge in [-0.15, -0.1) is 0 Å². The van der Waals surface area contributed by atoms with Gasteiger partial charge >= 0.3 is 0 Å². The molecule has 0 aliphatic heterocycles. The van der Waals surface area contributed by atoms with Crippen molar-refractivity contribution >= 4 is 62.3 Å². The Hall–Kier alpha value is -2.00. The molecule has 0 spiro atoms. The molecule has 2 aromatic carbocycles. The van der Waals surface area contributed by atoms with E-state index >= 15 is 0 Å². The van der Waals surface area contributed by atoms with Crippen LogP contribution in [0.1, 0.15) is 37.8 Å². The summed E-state index contributed by atoms with van der Waals surface area (Å²) in [4.78, 5) is 27.7. The number of hydrogen-bond acceptors (Lipinski definition) is 4. The Bertz CT molecular complexity index is 1170. The third-order valence-corrected chi connectivity index (χ3v) is 7.42. The van der Waals surface area contributed by atoms with Gasteiger partial charge in [-0.1, -0.05) is 60.3 Å². The maximum absolute atomic E-state index is 13.6. The number of carbonyl (C=O) groups excluding carboxylic acids is 2. The Balaban J connectivity index is 2.43. The van der Waals surface area contributed by atoms with E-state index in [9.17, 15) is 18.0 Å². The highest BCUT2D eigenvalue weighted by molar-refractivity contribution is 7.92. The van der Waals surface area contributed by atoms with Gasteiger partial charge in [-0.2, -0.15) is 0 Å². The zero-order chi connectivity index (χ0) is 26.3. The summed E-state index contributed by atoms with van der Waals surface area (Å²) < 4.78 is 26.4. The van der Waals surface area contributed by atoms with Crippen LogP contribution >= 0.6 is 34.8 Å². The van der Waals surface area contributed by atoms with Crippen molar-refractivity contribution in [1.82, 2.24) is 10.2 Å². The first kappa shape index (κ1) is 29.2. The molecule has 0 bridgehead atoms. The lowest BCUT2D eigenvalue weighted by Gasteiger charge is -2.32. The minimum Gasteiger partial charge on any atom is -0.354 e. The van der Waals surface area contributed by atoms with Crippen molar-refractivity contribution in [3.63, 3.8) is 0 Å². The largest absolute Gasteiger partial charge is 0.354 e. The molecule has 35 heavy (non-hydrogen) atoms. The molecule has 0 radical (unpaired) electrons. The minimum absolute atomic E-state index is 0.0106. The molecule has 0 saturated heterocycles. The molecule has 7 nitrogen and oxygen atoms in total. The van der Waals surface area contributed by atoms with Gasteiger partial charge in [0.1, 0.15) is 12.6 Å². The fourth-order valence-corrected chi connectivity index (χ4v) is 4.93. The lowest BCUT2D eigenvalue weighted by molar-refractivity contribution is -0.139. The van der Waals surface area contributed by atoms with Crippen LogP contribution in [0.15, 0.2) is 36.4 Å². The SMILES string of the molecule is CCCCNC(=O)[C@H](C)N(Cc1ccc(Cl)cc1Cl)C(=O)CN(c1cc(Cl)ccc1C)S(C)(=O)=O. The van der Waals surface area contributed by atoms with Crippen LogP contribution in [-0.4, -0.2) is 50.5 Å².